The van der Waals surface area contributed by atoms with Crippen LogP contribution in [0.5, 0.6) is 0 Å². The van der Waals surface area contributed by atoms with Gasteiger partial charge in [0.2, 0.25) is 0 Å². The summed E-state index contributed by atoms with van der Waals surface area (Å²) in [4.78, 5) is 16.7. The molecule has 6 nitrogen and oxygen atoms in total. The third-order valence-corrected chi connectivity index (χ3v) is 7.61. The molecule has 1 aliphatic carbocycles. The van der Waals surface area contributed by atoms with Gasteiger partial charge < -0.3 is 10.6 Å². The molecule has 3 aliphatic rings. The Labute approximate surface area is 145 Å². The van der Waals surface area contributed by atoms with Crippen LogP contribution in [0.15, 0.2) is 23.2 Å². The van der Waals surface area contributed by atoms with Crippen LogP contribution in [0.25, 0.3) is 0 Å². The number of aryl methyl sites for hydroxylation is 1. The summed E-state index contributed by atoms with van der Waals surface area (Å²) in [6.45, 7) is 1.97. The van der Waals surface area contributed by atoms with Crippen LogP contribution in [0.2, 0.25) is 0 Å². The first-order valence-electron chi connectivity index (χ1n) is 8.03. The molecular formula is C16H19N3O3S2. The van der Waals surface area contributed by atoms with Crippen LogP contribution in [0.3, 0.4) is 0 Å². The lowest BCUT2D eigenvalue weighted by atomic mass is 10.1. The number of hydrogen-bond acceptors (Lipinski definition) is 6. The van der Waals surface area contributed by atoms with Crippen molar-refractivity contribution in [1.29, 1.82) is 0 Å². The molecule has 2 aliphatic heterocycles. The lowest BCUT2D eigenvalue weighted by molar-refractivity contribution is 0.0951. The van der Waals surface area contributed by atoms with Gasteiger partial charge in [0.25, 0.3) is 5.91 Å². The van der Waals surface area contributed by atoms with Gasteiger partial charge in [0, 0.05) is 22.5 Å². The summed E-state index contributed by atoms with van der Waals surface area (Å²) in [5.41, 5.74) is 2.49. The summed E-state index contributed by atoms with van der Waals surface area (Å²) >= 11 is 1.48. The summed E-state index contributed by atoms with van der Waals surface area (Å²) in [5.74, 6) is 0.280. The average molecular weight is 365 g/mol. The predicted octanol–water partition coefficient (Wildman–Crippen LogP) is 1.57. The number of nitrogens with one attached hydrogen (secondary N) is 2. The van der Waals surface area contributed by atoms with Crippen LogP contribution in [-0.2, 0) is 9.84 Å². The smallest absolute Gasteiger partial charge is 0.251 e. The molecule has 1 saturated carbocycles. The standard InChI is InChI=1S/C16H19N3O3S2/c1-9-2-3-10(15(20)17-11-4-5-11)6-12(9)18-16-19-13-7-24(21,22)8-14(13)23-16/h2-3,6,11,13-14H,4-5,7-8H2,1H3,(H,17,20)(H,18,19)/t13-,14+/m0/s1. The van der Waals surface area contributed by atoms with Crippen LogP contribution in [0, 0.1) is 6.92 Å². The van der Waals surface area contributed by atoms with Crippen molar-refractivity contribution in [3.05, 3.63) is 29.3 Å². The molecule has 0 radical (unpaired) electrons. The molecule has 0 bridgehead atoms. The molecule has 1 aromatic carbocycles. The lowest BCUT2D eigenvalue weighted by Crippen LogP contribution is -2.25. The van der Waals surface area contributed by atoms with Gasteiger partial charge in [-0.1, -0.05) is 17.8 Å². The molecule has 2 atom stereocenters. The van der Waals surface area contributed by atoms with Crippen molar-refractivity contribution >= 4 is 38.4 Å². The van der Waals surface area contributed by atoms with E-state index in [0.29, 0.717) is 11.6 Å². The van der Waals surface area contributed by atoms with E-state index in [2.05, 4.69) is 15.6 Å². The van der Waals surface area contributed by atoms with Crippen molar-refractivity contribution in [2.75, 3.05) is 16.8 Å². The predicted molar refractivity (Wildman–Crippen MR) is 96.5 cm³/mol. The monoisotopic (exact) mass is 365 g/mol. The number of carbonyl (C=O) groups excluding carboxylic acids is 1. The van der Waals surface area contributed by atoms with E-state index in [1.807, 2.05) is 25.1 Å². The lowest BCUT2D eigenvalue weighted by Gasteiger charge is -2.12. The second kappa shape index (κ2) is 5.77. The van der Waals surface area contributed by atoms with Crippen LogP contribution in [0.1, 0.15) is 28.8 Å². The van der Waals surface area contributed by atoms with Crippen molar-refractivity contribution in [2.24, 2.45) is 4.99 Å². The van der Waals surface area contributed by atoms with Gasteiger partial charge in [0.1, 0.15) is 0 Å². The molecule has 0 spiro atoms. The van der Waals surface area contributed by atoms with Crippen LogP contribution >= 0.6 is 11.8 Å². The Kier molecular flexibility index (Phi) is 3.84. The summed E-state index contributed by atoms with van der Waals surface area (Å²) < 4.78 is 23.3. The van der Waals surface area contributed by atoms with E-state index in [0.717, 1.165) is 29.3 Å². The highest BCUT2D eigenvalue weighted by Crippen LogP contribution is 2.35. The molecule has 2 N–H and O–H groups in total. The molecule has 1 amide bonds. The molecule has 1 saturated heterocycles. The molecule has 1 aromatic rings. The van der Waals surface area contributed by atoms with E-state index in [-0.39, 0.29) is 28.7 Å². The number of aliphatic imine (C=N–C) groups is 1. The maximum absolute atomic E-state index is 12.2. The molecule has 0 unspecified atom stereocenters. The fraction of sp³-hybridized carbons (Fsp3) is 0.500. The van der Waals surface area contributed by atoms with Gasteiger partial charge >= 0.3 is 0 Å². The highest BCUT2D eigenvalue weighted by atomic mass is 32.2. The van der Waals surface area contributed by atoms with Gasteiger partial charge in [0.05, 0.1) is 17.5 Å². The second-order valence-corrected chi connectivity index (χ2v) is 10.0. The highest BCUT2D eigenvalue weighted by Gasteiger charge is 2.42. The van der Waals surface area contributed by atoms with Crippen molar-refractivity contribution in [2.45, 2.75) is 37.1 Å². The number of nitrogens with zero attached hydrogens (tertiary/aromatic N) is 1. The topological polar surface area (TPSA) is 87.6 Å². The van der Waals surface area contributed by atoms with E-state index in [9.17, 15) is 13.2 Å². The first-order valence-corrected chi connectivity index (χ1v) is 10.7. The van der Waals surface area contributed by atoms with E-state index >= 15 is 0 Å². The van der Waals surface area contributed by atoms with E-state index in [4.69, 9.17) is 0 Å². The fourth-order valence-electron chi connectivity index (χ4n) is 2.93. The van der Waals surface area contributed by atoms with Gasteiger partial charge in [-0.15, -0.1) is 0 Å². The summed E-state index contributed by atoms with van der Waals surface area (Å²) in [6.07, 6.45) is 2.11. The number of hydrogen-bond donors (Lipinski definition) is 2. The quantitative estimate of drug-likeness (QED) is 0.849. The Bertz CT molecular complexity index is 831. The number of anilines is 1. The summed E-state index contributed by atoms with van der Waals surface area (Å²) in [7, 11) is -2.94. The first-order chi connectivity index (χ1) is 11.4. The first kappa shape index (κ1) is 16.0. The van der Waals surface area contributed by atoms with Crippen LogP contribution in [0.4, 0.5) is 5.69 Å². The number of amidine groups is 1. The minimum atomic E-state index is -2.94. The SMILES string of the molecule is Cc1ccc(C(=O)NC2CC2)cc1NC1=N[C@H]2CS(=O)(=O)C[C@H]2S1. The number of sulfone groups is 1. The van der Waals surface area contributed by atoms with Crippen LogP contribution in [-0.4, -0.2) is 48.3 Å². The van der Waals surface area contributed by atoms with Crippen molar-refractivity contribution in [1.82, 2.24) is 5.32 Å². The fourth-order valence-corrected chi connectivity index (χ4v) is 6.59. The van der Waals surface area contributed by atoms with Crippen molar-refractivity contribution in [3.63, 3.8) is 0 Å². The molecule has 8 heteroatoms. The number of benzene rings is 1. The van der Waals surface area contributed by atoms with Crippen molar-refractivity contribution < 1.29 is 13.2 Å². The van der Waals surface area contributed by atoms with E-state index in [1.165, 1.54) is 11.8 Å². The minimum Gasteiger partial charge on any atom is -0.349 e. The molecule has 2 heterocycles. The van der Waals surface area contributed by atoms with E-state index < -0.39 is 9.84 Å². The van der Waals surface area contributed by atoms with E-state index in [1.54, 1.807) is 0 Å². The maximum atomic E-state index is 12.2. The Hall–Kier alpha value is -1.54. The number of amides is 1. The normalized spacial score (nSPS) is 27.5. The second-order valence-electron chi connectivity index (χ2n) is 6.64. The molecular weight excluding hydrogens is 346 g/mol. The molecule has 0 aromatic heterocycles. The summed E-state index contributed by atoms with van der Waals surface area (Å²) in [6, 6.07) is 5.75. The Morgan fingerprint density at radius 3 is 2.79 bits per heavy atom. The molecule has 4 rings (SSSR count). The van der Waals surface area contributed by atoms with Gasteiger partial charge in [-0.3, -0.25) is 9.79 Å². The van der Waals surface area contributed by atoms with Gasteiger partial charge in [0.15, 0.2) is 15.0 Å². The van der Waals surface area contributed by atoms with Crippen LogP contribution < -0.4 is 10.6 Å². The van der Waals surface area contributed by atoms with Gasteiger partial charge in [-0.05, 0) is 37.5 Å². The zero-order valence-corrected chi connectivity index (χ0v) is 14.9. The van der Waals surface area contributed by atoms with Gasteiger partial charge in [-0.25, -0.2) is 8.42 Å². The largest absolute Gasteiger partial charge is 0.349 e. The highest BCUT2D eigenvalue weighted by molar-refractivity contribution is 8.15. The zero-order valence-electron chi connectivity index (χ0n) is 13.3. The average Bonchev–Trinajstić information content (AvgIpc) is 3.16. The van der Waals surface area contributed by atoms with Crippen molar-refractivity contribution in [3.8, 4) is 0 Å². The third-order valence-electron chi connectivity index (χ3n) is 4.47. The number of rotatable bonds is 3. The number of thioether (sulfide) groups is 1. The van der Waals surface area contributed by atoms with Gasteiger partial charge in [-0.2, -0.15) is 0 Å². The zero-order chi connectivity index (χ0) is 16.9. The number of fused-ring (bicyclic) bond motifs is 1. The Morgan fingerprint density at radius 2 is 2.08 bits per heavy atom. The molecule has 2 fully saturated rings. The minimum absolute atomic E-state index is 0.0131. The molecule has 24 heavy (non-hydrogen) atoms. The Morgan fingerprint density at radius 1 is 1.29 bits per heavy atom. The maximum Gasteiger partial charge on any atom is 0.251 e. The summed E-state index contributed by atoms with van der Waals surface area (Å²) in [5, 5.41) is 7.00. The third kappa shape index (κ3) is 3.30. The molecule has 128 valence electrons. The number of carbonyl (C=O) groups is 1. The Balaban J connectivity index is 1.49.